The molecule has 8 heteroatoms. The number of methoxy groups -OCH3 is 1. The molecule has 2 heterocycles. The molecule has 154 valence electrons. The third-order valence-electron chi connectivity index (χ3n) is 5.24. The second-order valence-electron chi connectivity index (χ2n) is 7.29. The van der Waals surface area contributed by atoms with Gasteiger partial charge in [-0.05, 0) is 54.7 Å². The average Bonchev–Trinajstić information content (AvgIpc) is 3.37. The molecule has 1 saturated heterocycles. The summed E-state index contributed by atoms with van der Waals surface area (Å²) < 4.78 is 38.5. The van der Waals surface area contributed by atoms with Crippen molar-refractivity contribution in [1.82, 2.24) is 0 Å². The number of rotatable bonds is 6. The van der Waals surface area contributed by atoms with Crippen LogP contribution in [0.3, 0.4) is 0 Å². The van der Waals surface area contributed by atoms with Crippen LogP contribution < -0.4 is 14.4 Å². The van der Waals surface area contributed by atoms with Gasteiger partial charge in [-0.3, -0.25) is 9.52 Å². The minimum Gasteiger partial charge on any atom is -0.497 e. The van der Waals surface area contributed by atoms with Crippen LogP contribution in [0.25, 0.3) is 0 Å². The molecule has 1 atom stereocenters. The number of ether oxygens (including phenoxy) is 2. The molecule has 1 N–H and O–H groups in total. The fraction of sp³-hybridized carbons (Fsp3) is 0.381. The lowest BCUT2D eigenvalue weighted by Crippen LogP contribution is -2.37. The summed E-state index contributed by atoms with van der Waals surface area (Å²) in [5.74, 6) is 0.486. The Balaban J connectivity index is 1.49. The van der Waals surface area contributed by atoms with Gasteiger partial charge in [-0.15, -0.1) is 0 Å². The number of carbonyl (C=O) groups excluding carboxylic acids is 1. The zero-order valence-corrected chi connectivity index (χ0v) is 17.1. The molecule has 4 rings (SSSR count). The molecule has 2 aromatic rings. The van der Waals surface area contributed by atoms with Crippen molar-refractivity contribution < 1.29 is 22.7 Å². The van der Waals surface area contributed by atoms with E-state index in [-0.39, 0.29) is 11.7 Å². The van der Waals surface area contributed by atoms with Crippen LogP contribution in [0.4, 0.5) is 11.4 Å². The number of fused-ring (bicyclic) bond motifs is 1. The third kappa shape index (κ3) is 4.38. The summed E-state index contributed by atoms with van der Waals surface area (Å²) in [5.41, 5.74) is 2.91. The molecule has 2 aromatic carbocycles. The normalized spacial score (nSPS) is 18.5. The second-order valence-corrected chi connectivity index (χ2v) is 9.02. The number of benzene rings is 2. The number of hydrogen-bond donors (Lipinski definition) is 1. The van der Waals surface area contributed by atoms with E-state index in [4.69, 9.17) is 9.47 Å². The first-order chi connectivity index (χ1) is 13.9. The molecular formula is C21H24N2O5S. The van der Waals surface area contributed by atoms with Gasteiger partial charge >= 0.3 is 0 Å². The van der Waals surface area contributed by atoms with Gasteiger partial charge in [-0.2, -0.15) is 0 Å². The summed E-state index contributed by atoms with van der Waals surface area (Å²) in [4.78, 5) is 14.5. The third-order valence-corrected chi connectivity index (χ3v) is 6.50. The predicted octanol–water partition coefficient (Wildman–Crippen LogP) is 2.71. The topological polar surface area (TPSA) is 84.9 Å². The Kier molecular flexibility index (Phi) is 5.47. The van der Waals surface area contributed by atoms with E-state index in [1.807, 2.05) is 6.07 Å². The van der Waals surface area contributed by atoms with Crippen LogP contribution >= 0.6 is 0 Å². The molecule has 1 unspecified atom stereocenters. The maximum Gasteiger partial charge on any atom is 0.256 e. The Labute approximate surface area is 170 Å². The van der Waals surface area contributed by atoms with Crippen LogP contribution in [0.1, 0.15) is 24.0 Å². The Morgan fingerprint density at radius 3 is 2.72 bits per heavy atom. The van der Waals surface area contributed by atoms with Crippen LogP contribution in [0.2, 0.25) is 0 Å². The summed E-state index contributed by atoms with van der Waals surface area (Å²) in [6.07, 6.45) is 1.99. The molecule has 0 spiro atoms. The molecular weight excluding hydrogens is 392 g/mol. The lowest BCUT2D eigenvalue weighted by Gasteiger charge is -2.21. The van der Waals surface area contributed by atoms with Gasteiger partial charge in [0.05, 0.1) is 18.6 Å². The Morgan fingerprint density at radius 1 is 1.24 bits per heavy atom. The van der Waals surface area contributed by atoms with E-state index in [1.54, 1.807) is 48.4 Å². The zero-order chi connectivity index (χ0) is 20.4. The van der Waals surface area contributed by atoms with Crippen LogP contribution in [0, 0.1) is 0 Å². The van der Waals surface area contributed by atoms with E-state index in [2.05, 4.69) is 4.72 Å². The smallest absolute Gasteiger partial charge is 0.256 e. The molecule has 29 heavy (non-hydrogen) atoms. The van der Waals surface area contributed by atoms with Crippen molar-refractivity contribution in [3.8, 4) is 5.75 Å². The molecule has 2 aliphatic heterocycles. The number of hydrogen-bond acceptors (Lipinski definition) is 5. The molecule has 1 amide bonds. The minimum absolute atomic E-state index is 0.0421. The van der Waals surface area contributed by atoms with Gasteiger partial charge in [-0.25, -0.2) is 8.42 Å². The van der Waals surface area contributed by atoms with Crippen LogP contribution in [0.5, 0.6) is 5.75 Å². The molecule has 1 fully saturated rings. The van der Waals surface area contributed by atoms with E-state index >= 15 is 0 Å². The highest BCUT2D eigenvalue weighted by atomic mass is 32.2. The number of anilines is 2. The van der Waals surface area contributed by atoms with Gasteiger partial charge in [0.25, 0.3) is 5.91 Å². The molecule has 2 aliphatic rings. The highest BCUT2D eigenvalue weighted by molar-refractivity contribution is 7.91. The maximum absolute atomic E-state index is 12.8. The van der Waals surface area contributed by atoms with Gasteiger partial charge in [0.1, 0.15) is 11.9 Å². The minimum atomic E-state index is -3.60. The highest BCUT2D eigenvalue weighted by Gasteiger charge is 2.33. The summed E-state index contributed by atoms with van der Waals surface area (Å²) in [6, 6.07) is 12.3. The van der Waals surface area contributed by atoms with E-state index in [1.165, 1.54) is 0 Å². The first kappa shape index (κ1) is 19.7. The summed E-state index contributed by atoms with van der Waals surface area (Å²) in [5, 5.41) is 0. The summed E-state index contributed by atoms with van der Waals surface area (Å²) >= 11 is 0. The van der Waals surface area contributed by atoms with Gasteiger partial charge in [0, 0.05) is 18.8 Å². The number of nitrogens with one attached hydrogen (secondary N) is 1. The van der Waals surface area contributed by atoms with Crippen molar-refractivity contribution in [2.75, 3.05) is 29.9 Å². The molecule has 0 saturated carbocycles. The Morgan fingerprint density at radius 2 is 2.03 bits per heavy atom. The number of carbonyl (C=O) groups is 1. The van der Waals surface area contributed by atoms with Gasteiger partial charge in [0.2, 0.25) is 10.0 Å². The van der Waals surface area contributed by atoms with Crippen molar-refractivity contribution >= 4 is 27.3 Å². The SMILES string of the molecule is COc1ccc(CS(=O)(=O)Nc2ccc3c(c2)N(C(=O)C2CCCO2)CC3)cc1. The zero-order valence-electron chi connectivity index (χ0n) is 16.3. The number of amides is 1. The van der Waals surface area contributed by atoms with Crippen molar-refractivity contribution in [1.29, 1.82) is 0 Å². The largest absolute Gasteiger partial charge is 0.497 e. The van der Waals surface area contributed by atoms with Crippen LogP contribution in [-0.4, -0.2) is 40.7 Å². The molecule has 0 bridgehead atoms. The fourth-order valence-corrected chi connectivity index (χ4v) is 4.96. The van der Waals surface area contributed by atoms with Gasteiger partial charge in [0.15, 0.2) is 0 Å². The Hall–Kier alpha value is -2.58. The lowest BCUT2D eigenvalue weighted by atomic mass is 10.1. The van der Waals surface area contributed by atoms with Crippen LogP contribution in [-0.2, 0) is 31.7 Å². The lowest BCUT2D eigenvalue weighted by molar-refractivity contribution is -0.127. The second kappa shape index (κ2) is 8.04. The first-order valence-electron chi connectivity index (χ1n) is 9.64. The fourth-order valence-electron chi connectivity index (χ4n) is 3.77. The summed E-state index contributed by atoms with van der Waals surface area (Å²) in [6.45, 7) is 1.21. The van der Waals surface area contributed by atoms with E-state index in [0.717, 1.165) is 30.5 Å². The van der Waals surface area contributed by atoms with Crippen molar-refractivity contribution in [2.24, 2.45) is 0 Å². The maximum atomic E-state index is 12.8. The van der Waals surface area contributed by atoms with Crippen molar-refractivity contribution in [2.45, 2.75) is 31.1 Å². The number of sulfonamides is 1. The predicted molar refractivity (Wildman–Crippen MR) is 111 cm³/mol. The number of nitrogens with zero attached hydrogens (tertiary/aromatic N) is 1. The van der Waals surface area contributed by atoms with E-state index in [0.29, 0.717) is 30.2 Å². The summed E-state index contributed by atoms with van der Waals surface area (Å²) in [7, 11) is -2.03. The average molecular weight is 416 g/mol. The van der Waals surface area contributed by atoms with Gasteiger partial charge < -0.3 is 14.4 Å². The molecule has 0 aromatic heterocycles. The molecule has 0 radical (unpaired) electrons. The first-order valence-corrected chi connectivity index (χ1v) is 11.3. The highest BCUT2D eigenvalue weighted by Crippen LogP contribution is 2.33. The standard InChI is InChI=1S/C21H24N2O5S/c1-27-18-8-4-15(5-9-18)14-29(25,26)22-17-7-6-16-10-11-23(19(16)13-17)21(24)20-3-2-12-28-20/h4-9,13,20,22H,2-3,10-12,14H2,1H3. The van der Waals surface area contributed by atoms with Crippen molar-refractivity contribution in [3.05, 3.63) is 53.6 Å². The monoisotopic (exact) mass is 416 g/mol. The molecule has 7 nitrogen and oxygen atoms in total. The van der Waals surface area contributed by atoms with Gasteiger partial charge in [-0.1, -0.05) is 18.2 Å². The Bertz CT molecular complexity index is 998. The van der Waals surface area contributed by atoms with E-state index < -0.39 is 16.1 Å². The quantitative estimate of drug-likeness (QED) is 0.783. The van der Waals surface area contributed by atoms with Crippen LogP contribution in [0.15, 0.2) is 42.5 Å². The van der Waals surface area contributed by atoms with E-state index in [9.17, 15) is 13.2 Å². The van der Waals surface area contributed by atoms with Crippen molar-refractivity contribution in [3.63, 3.8) is 0 Å². The molecule has 0 aliphatic carbocycles.